The number of hydrogen-bond donors (Lipinski definition) is 0. The highest BCUT2D eigenvalue weighted by Gasteiger charge is 2.28. The van der Waals surface area contributed by atoms with Crippen LogP contribution in [0, 0.1) is 0 Å². The Morgan fingerprint density at radius 3 is 2.30 bits per heavy atom. The first-order chi connectivity index (χ1) is 15.8. The van der Waals surface area contributed by atoms with Crippen LogP contribution >= 0.6 is 11.6 Å². The summed E-state index contributed by atoms with van der Waals surface area (Å²) in [6.07, 6.45) is 1.64. The largest absolute Gasteiger partial charge is 0.606 e. The van der Waals surface area contributed by atoms with Crippen LogP contribution in [0.1, 0.15) is 33.6 Å². The number of rotatable bonds is 9. The Balaban J connectivity index is 2.30. The molecule has 0 spiro atoms. The van der Waals surface area contributed by atoms with Crippen LogP contribution in [0.2, 0.25) is 5.02 Å². The summed E-state index contributed by atoms with van der Waals surface area (Å²) in [5.41, 5.74) is 0. The second-order valence-corrected chi connectivity index (χ2v) is 9.30. The van der Waals surface area contributed by atoms with Crippen LogP contribution in [0.3, 0.4) is 0 Å². The first-order valence-electron chi connectivity index (χ1n) is 10.5. The van der Waals surface area contributed by atoms with Crippen LogP contribution in [0.4, 0.5) is 0 Å². The summed E-state index contributed by atoms with van der Waals surface area (Å²) in [6, 6.07) is 12.2. The molecule has 0 heterocycles. The predicted octanol–water partition coefficient (Wildman–Crippen LogP) is 6.17. The van der Waals surface area contributed by atoms with Gasteiger partial charge in [0.15, 0.2) is 21.3 Å². The standard InChI is InChI=1S/C25H27ClO6S/c1-6-9-15(2)31-23-19-14-17(33(28)21-11-8-7-10-20(21)26)12-13-18(19)22(32-16(3)27)24(29-4)25(23)30-5/h7-8,10-15H,6,9H2,1-5H3. The van der Waals surface area contributed by atoms with Crippen LogP contribution in [0.5, 0.6) is 23.0 Å². The van der Waals surface area contributed by atoms with Gasteiger partial charge in [-0.25, -0.2) is 0 Å². The second-order valence-electron chi connectivity index (χ2n) is 7.44. The molecule has 3 aromatic rings. The lowest BCUT2D eigenvalue weighted by Crippen LogP contribution is -2.13. The van der Waals surface area contributed by atoms with Crippen LogP contribution in [0.25, 0.3) is 10.8 Å². The highest BCUT2D eigenvalue weighted by atomic mass is 35.5. The molecule has 2 unspecified atom stereocenters. The van der Waals surface area contributed by atoms with Crippen LogP contribution in [-0.4, -0.2) is 30.8 Å². The molecule has 0 aliphatic heterocycles. The van der Waals surface area contributed by atoms with Crippen molar-refractivity contribution in [3.05, 3.63) is 47.5 Å². The number of carbonyl (C=O) groups is 1. The van der Waals surface area contributed by atoms with Crippen molar-refractivity contribution >= 4 is 39.5 Å². The van der Waals surface area contributed by atoms with E-state index in [-0.39, 0.29) is 17.6 Å². The van der Waals surface area contributed by atoms with Gasteiger partial charge in [0.25, 0.3) is 0 Å². The van der Waals surface area contributed by atoms with Gasteiger partial charge in [-0.1, -0.05) is 37.1 Å². The Morgan fingerprint density at radius 1 is 1.03 bits per heavy atom. The van der Waals surface area contributed by atoms with Gasteiger partial charge in [0, 0.05) is 34.9 Å². The molecule has 6 nitrogen and oxygen atoms in total. The average molecular weight is 491 g/mol. The van der Waals surface area contributed by atoms with Crippen LogP contribution < -0.4 is 18.9 Å². The van der Waals surface area contributed by atoms with Crippen molar-refractivity contribution in [2.45, 2.75) is 49.5 Å². The number of fused-ring (bicyclic) bond motifs is 1. The fourth-order valence-electron chi connectivity index (χ4n) is 3.60. The van der Waals surface area contributed by atoms with Gasteiger partial charge >= 0.3 is 5.97 Å². The third-order valence-corrected chi connectivity index (χ3v) is 6.90. The molecule has 3 aromatic carbocycles. The Morgan fingerprint density at radius 2 is 1.70 bits per heavy atom. The lowest BCUT2D eigenvalue weighted by Gasteiger charge is -2.22. The molecular formula is C25H27ClO6S. The van der Waals surface area contributed by atoms with E-state index in [1.165, 1.54) is 21.1 Å². The number of esters is 1. The van der Waals surface area contributed by atoms with E-state index in [1.807, 2.05) is 6.92 Å². The molecule has 0 aliphatic carbocycles. The van der Waals surface area contributed by atoms with Gasteiger partial charge in [-0.3, -0.25) is 4.79 Å². The summed E-state index contributed by atoms with van der Waals surface area (Å²) in [6.45, 7) is 5.35. The molecular weight excluding hydrogens is 464 g/mol. The van der Waals surface area contributed by atoms with Crippen molar-refractivity contribution in [3.63, 3.8) is 0 Å². The molecule has 0 saturated heterocycles. The van der Waals surface area contributed by atoms with Gasteiger partial charge in [0.1, 0.15) is 0 Å². The van der Waals surface area contributed by atoms with Crippen molar-refractivity contribution in [3.8, 4) is 23.0 Å². The van der Waals surface area contributed by atoms with Crippen molar-refractivity contribution < 1.29 is 28.3 Å². The van der Waals surface area contributed by atoms with Crippen LogP contribution in [0.15, 0.2) is 52.3 Å². The van der Waals surface area contributed by atoms with Crippen molar-refractivity contribution in [1.29, 1.82) is 0 Å². The van der Waals surface area contributed by atoms with E-state index in [0.29, 0.717) is 37.1 Å². The molecule has 3 rings (SSSR count). The SMILES string of the molecule is CCCC(C)Oc1c(OC)c(OC)c(OC(C)=O)c2ccc([S+]([O-])c3ccccc3Cl)cc12. The number of hydrogen-bond acceptors (Lipinski definition) is 6. The van der Waals surface area contributed by atoms with E-state index < -0.39 is 17.1 Å². The topological polar surface area (TPSA) is 77.0 Å². The molecule has 0 bridgehead atoms. The maximum Gasteiger partial charge on any atom is 0.308 e. The summed E-state index contributed by atoms with van der Waals surface area (Å²) < 4.78 is 36.3. The van der Waals surface area contributed by atoms with E-state index in [4.69, 9.17) is 30.5 Å². The summed E-state index contributed by atoms with van der Waals surface area (Å²) in [5.74, 6) is 0.679. The third-order valence-electron chi connectivity index (χ3n) is 5.02. The van der Waals surface area contributed by atoms with E-state index in [1.54, 1.807) is 42.5 Å². The van der Waals surface area contributed by atoms with Gasteiger partial charge in [-0.2, -0.15) is 0 Å². The zero-order valence-corrected chi connectivity index (χ0v) is 20.8. The molecule has 0 fully saturated rings. The number of halogens is 1. The maximum atomic E-state index is 13.3. The number of carbonyl (C=O) groups excluding carboxylic acids is 1. The predicted molar refractivity (Wildman–Crippen MR) is 129 cm³/mol. The maximum absolute atomic E-state index is 13.3. The first kappa shape index (κ1) is 25.0. The molecule has 0 saturated carbocycles. The summed E-state index contributed by atoms with van der Waals surface area (Å²) in [7, 11) is 2.96. The minimum absolute atomic E-state index is 0.117. The van der Waals surface area contributed by atoms with E-state index in [9.17, 15) is 9.35 Å². The Kier molecular flexibility index (Phi) is 8.35. The third kappa shape index (κ3) is 5.32. The molecule has 176 valence electrons. The smallest absolute Gasteiger partial charge is 0.308 e. The lowest BCUT2D eigenvalue weighted by molar-refractivity contribution is -0.131. The second kappa shape index (κ2) is 11.0. The minimum Gasteiger partial charge on any atom is -0.606 e. The first-order valence-corrected chi connectivity index (χ1v) is 12.1. The van der Waals surface area contributed by atoms with Crippen LogP contribution in [-0.2, 0) is 16.0 Å². The summed E-state index contributed by atoms with van der Waals surface area (Å²) >= 11 is 4.74. The summed E-state index contributed by atoms with van der Waals surface area (Å²) in [5, 5.41) is 1.57. The van der Waals surface area contributed by atoms with Gasteiger partial charge in [-0.15, -0.1) is 0 Å². The number of ether oxygens (including phenoxy) is 4. The number of methoxy groups -OCH3 is 2. The Labute approximate surface area is 201 Å². The Hall–Kier alpha value is -2.61. The Bertz CT molecular complexity index is 1150. The fraction of sp³-hybridized carbons (Fsp3) is 0.320. The molecule has 0 amide bonds. The quantitative estimate of drug-likeness (QED) is 0.203. The van der Waals surface area contributed by atoms with Gasteiger partial charge in [0.2, 0.25) is 11.5 Å². The molecule has 8 heteroatoms. The molecule has 0 aromatic heterocycles. The molecule has 0 radical (unpaired) electrons. The van der Waals surface area contributed by atoms with E-state index >= 15 is 0 Å². The van der Waals surface area contributed by atoms with E-state index in [2.05, 4.69) is 6.92 Å². The average Bonchev–Trinajstić information content (AvgIpc) is 2.79. The normalized spacial score (nSPS) is 12.8. The monoisotopic (exact) mass is 490 g/mol. The lowest BCUT2D eigenvalue weighted by atomic mass is 10.1. The van der Waals surface area contributed by atoms with Gasteiger partial charge in [0.05, 0.1) is 25.3 Å². The zero-order chi connectivity index (χ0) is 24.1. The summed E-state index contributed by atoms with van der Waals surface area (Å²) in [4.78, 5) is 12.9. The van der Waals surface area contributed by atoms with E-state index in [0.717, 1.165) is 12.8 Å². The molecule has 0 aliphatic rings. The highest BCUT2D eigenvalue weighted by molar-refractivity contribution is 7.91. The molecule has 2 atom stereocenters. The van der Waals surface area contributed by atoms with Crippen molar-refractivity contribution in [1.82, 2.24) is 0 Å². The zero-order valence-electron chi connectivity index (χ0n) is 19.3. The minimum atomic E-state index is -1.54. The number of benzene rings is 3. The molecule has 33 heavy (non-hydrogen) atoms. The van der Waals surface area contributed by atoms with Crippen molar-refractivity contribution in [2.75, 3.05) is 14.2 Å². The highest BCUT2D eigenvalue weighted by Crippen LogP contribution is 2.52. The van der Waals surface area contributed by atoms with Gasteiger partial charge < -0.3 is 23.5 Å². The van der Waals surface area contributed by atoms with Crippen molar-refractivity contribution in [2.24, 2.45) is 0 Å². The van der Waals surface area contributed by atoms with Gasteiger partial charge in [-0.05, 0) is 37.6 Å². The molecule has 0 N–H and O–H groups in total. The fourth-order valence-corrected chi connectivity index (χ4v) is 5.06.